The number of hydrogen-bond acceptors (Lipinski definition) is 3. The van der Waals surface area contributed by atoms with Gasteiger partial charge in [0.15, 0.2) is 0 Å². The molecular formula is C13H15Cl3N2O2. The van der Waals surface area contributed by atoms with E-state index in [0.717, 1.165) is 32.8 Å². The van der Waals surface area contributed by atoms with Crippen molar-refractivity contribution in [2.24, 2.45) is 0 Å². The lowest BCUT2D eigenvalue weighted by atomic mass is 10.2. The maximum absolute atomic E-state index is 11.5. The average molecular weight is 338 g/mol. The van der Waals surface area contributed by atoms with Crippen LogP contribution in [0.3, 0.4) is 0 Å². The number of morpholine rings is 1. The molecule has 7 heteroatoms. The molecule has 1 N–H and O–H groups in total. The molecule has 0 aliphatic carbocycles. The van der Waals surface area contributed by atoms with Crippen LogP contribution in [0.2, 0.25) is 0 Å². The third-order valence-electron chi connectivity index (χ3n) is 2.98. The quantitative estimate of drug-likeness (QED) is 0.862. The van der Waals surface area contributed by atoms with E-state index in [2.05, 4.69) is 10.2 Å². The van der Waals surface area contributed by atoms with Gasteiger partial charge < -0.3 is 10.1 Å². The minimum atomic E-state index is -1.95. The smallest absolute Gasteiger partial charge is 0.276 e. The molecule has 1 amide bonds. The van der Waals surface area contributed by atoms with Crippen LogP contribution in [0.15, 0.2) is 24.3 Å². The van der Waals surface area contributed by atoms with Crippen molar-refractivity contribution in [3.63, 3.8) is 0 Å². The van der Waals surface area contributed by atoms with E-state index >= 15 is 0 Å². The van der Waals surface area contributed by atoms with Gasteiger partial charge in [0.25, 0.3) is 9.70 Å². The number of carbonyl (C=O) groups is 1. The summed E-state index contributed by atoms with van der Waals surface area (Å²) in [4.78, 5) is 13.8. The summed E-state index contributed by atoms with van der Waals surface area (Å²) in [5, 5.41) is 2.54. The Labute approximate surface area is 132 Å². The van der Waals surface area contributed by atoms with Crippen molar-refractivity contribution in [2.75, 3.05) is 31.6 Å². The third kappa shape index (κ3) is 4.79. The van der Waals surface area contributed by atoms with Gasteiger partial charge in [0.2, 0.25) is 0 Å². The Morgan fingerprint density at radius 2 is 1.80 bits per heavy atom. The molecule has 0 unspecified atom stereocenters. The summed E-state index contributed by atoms with van der Waals surface area (Å²) >= 11 is 16.5. The largest absolute Gasteiger partial charge is 0.379 e. The highest BCUT2D eigenvalue weighted by Crippen LogP contribution is 2.27. The fourth-order valence-corrected chi connectivity index (χ4v) is 2.05. The molecule has 0 bridgehead atoms. The lowest BCUT2D eigenvalue weighted by molar-refractivity contribution is -0.115. The Kier molecular flexibility index (Phi) is 5.52. The summed E-state index contributed by atoms with van der Waals surface area (Å²) in [6.45, 7) is 4.29. The number of alkyl halides is 3. The molecule has 1 aliphatic rings. The number of rotatable bonds is 3. The molecule has 1 aromatic carbocycles. The molecule has 4 nitrogen and oxygen atoms in total. The summed E-state index contributed by atoms with van der Waals surface area (Å²) in [5.74, 6) is -0.663. The zero-order valence-corrected chi connectivity index (χ0v) is 13.0. The Bertz CT molecular complexity index is 454. The van der Waals surface area contributed by atoms with Gasteiger partial charge in [0, 0.05) is 25.3 Å². The molecule has 1 aromatic rings. The predicted octanol–water partition coefficient (Wildman–Crippen LogP) is 2.83. The molecule has 20 heavy (non-hydrogen) atoms. The zero-order valence-electron chi connectivity index (χ0n) is 10.7. The standard InChI is InChI=1S/C13H15Cl3N2O2/c14-13(15,16)12(19)17-11-3-1-10(2-4-11)9-18-5-7-20-8-6-18/h1-4H,5-9H2,(H,17,19). The maximum atomic E-state index is 11.5. The molecule has 0 atom stereocenters. The minimum absolute atomic E-state index is 0.604. The van der Waals surface area contributed by atoms with Crippen LogP contribution in [0, 0.1) is 0 Å². The summed E-state index contributed by atoms with van der Waals surface area (Å²) in [6, 6.07) is 7.49. The summed E-state index contributed by atoms with van der Waals surface area (Å²) in [5.41, 5.74) is 1.77. The van der Waals surface area contributed by atoms with Gasteiger partial charge in [-0.15, -0.1) is 0 Å². The Morgan fingerprint density at radius 3 is 2.35 bits per heavy atom. The SMILES string of the molecule is O=C(Nc1ccc(CN2CCOCC2)cc1)C(Cl)(Cl)Cl. The number of benzene rings is 1. The van der Waals surface area contributed by atoms with Crippen molar-refractivity contribution in [1.29, 1.82) is 0 Å². The summed E-state index contributed by atoms with van der Waals surface area (Å²) in [7, 11) is 0. The molecule has 0 saturated carbocycles. The second-order valence-corrected chi connectivity index (χ2v) is 6.82. The van der Waals surface area contributed by atoms with E-state index in [1.807, 2.05) is 12.1 Å². The normalized spacial score (nSPS) is 16.9. The third-order valence-corrected chi connectivity index (χ3v) is 3.49. The Morgan fingerprint density at radius 1 is 1.20 bits per heavy atom. The Hall–Kier alpha value is -0.520. The molecule has 110 valence electrons. The van der Waals surface area contributed by atoms with Gasteiger partial charge in [0.1, 0.15) is 0 Å². The van der Waals surface area contributed by atoms with Crippen LogP contribution in [0.5, 0.6) is 0 Å². The molecule has 2 rings (SSSR count). The maximum Gasteiger partial charge on any atom is 0.276 e. The first kappa shape index (κ1) is 15.9. The van der Waals surface area contributed by atoms with Crippen LogP contribution in [-0.4, -0.2) is 40.9 Å². The number of carbonyl (C=O) groups excluding carboxylic acids is 1. The van der Waals surface area contributed by atoms with E-state index in [-0.39, 0.29) is 0 Å². The molecular weight excluding hydrogens is 323 g/mol. The van der Waals surface area contributed by atoms with Crippen molar-refractivity contribution < 1.29 is 9.53 Å². The van der Waals surface area contributed by atoms with E-state index in [1.54, 1.807) is 12.1 Å². The first-order valence-corrected chi connectivity index (χ1v) is 7.36. The van der Waals surface area contributed by atoms with Gasteiger partial charge in [-0.25, -0.2) is 0 Å². The van der Waals surface area contributed by atoms with E-state index < -0.39 is 9.70 Å². The zero-order chi connectivity index (χ0) is 14.6. The van der Waals surface area contributed by atoms with Crippen LogP contribution in [0.4, 0.5) is 5.69 Å². The monoisotopic (exact) mass is 336 g/mol. The molecule has 1 fully saturated rings. The molecule has 1 aliphatic heterocycles. The van der Waals surface area contributed by atoms with Crippen LogP contribution in [0.1, 0.15) is 5.56 Å². The number of anilines is 1. The van der Waals surface area contributed by atoms with E-state index in [0.29, 0.717) is 5.69 Å². The molecule has 0 radical (unpaired) electrons. The van der Waals surface area contributed by atoms with Gasteiger partial charge in [-0.3, -0.25) is 9.69 Å². The number of hydrogen-bond donors (Lipinski definition) is 1. The number of nitrogens with zero attached hydrogens (tertiary/aromatic N) is 1. The lowest BCUT2D eigenvalue weighted by Gasteiger charge is -2.26. The second-order valence-electron chi connectivity index (χ2n) is 4.54. The highest BCUT2D eigenvalue weighted by atomic mass is 35.6. The van der Waals surface area contributed by atoms with Crippen LogP contribution in [0.25, 0.3) is 0 Å². The molecule has 1 heterocycles. The number of halogens is 3. The van der Waals surface area contributed by atoms with Crippen LogP contribution in [-0.2, 0) is 16.1 Å². The minimum Gasteiger partial charge on any atom is -0.379 e. The lowest BCUT2D eigenvalue weighted by Crippen LogP contribution is -2.35. The molecule has 0 spiro atoms. The second kappa shape index (κ2) is 6.96. The topological polar surface area (TPSA) is 41.6 Å². The fourth-order valence-electron chi connectivity index (χ4n) is 1.91. The van der Waals surface area contributed by atoms with Crippen molar-refractivity contribution in [3.8, 4) is 0 Å². The number of nitrogens with one attached hydrogen (secondary N) is 1. The van der Waals surface area contributed by atoms with Crippen molar-refractivity contribution in [3.05, 3.63) is 29.8 Å². The average Bonchev–Trinajstić information content (AvgIpc) is 2.41. The van der Waals surface area contributed by atoms with Crippen molar-refractivity contribution in [2.45, 2.75) is 10.3 Å². The van der Waals surface area contributed by atoms with E-state index in [4.69, 9.17) is 39.5 Å². The highest BCUT2D eigenvalue weighted by molar-refractivity contribution is 6.76. The van der Waals surface area contributed by atoms with Gasteiger partial charge in [-0.05, 0) is 17.7 Å². The van der Waals surface area contributed by atoms with E-state index in [9.17, 15) is 4.79 Å². The predicted molar refractivity (Wildman–Crippen MR) is 81.5 cm³/mol. The van der Waals surface area contributed by atoms with Gasteiger partial charge in [-0.2, -0.15) is 0 Å². The molecule has 0 aromatic heterocycles. The van der Waals surface area contributed by atoms with Gasteiger partial charge in [-0.1, -0.05) is 46.9 Å². The van der Waals surface area contributed by atoms with Crippen LogP contribution >= 0.6 is 34.8 Å². The van der Waals surface area contributed by atoms with Gasteiger partial charge >= 0.3 is 0 Å². The van der Waals surface area contributed by atoms with Crippen molar-refractivity contribution in [1.82, 2.24) is 4.90 Å². The van der Waals surface area contributed by atoms with Crippen molar-refractivity contribution >= 4 is 46.4 Å². The first-order chi connectivity index (χ1) is 9.45. The Balaban J connectivity index is 1.91. The number of ether oxygens (including phenoxy) is 1. The first-order valence-electron chi connectivity index (χ1n) is 6.22. The summed E-state index contributed by atoms with van der Waals surface area (Å²) in [6.07, 6.45) is 0. The fraction of sp³-hybridized carbons (Fsp3) is 0.462. The number of amides is 1. The molecule has 1 saturated heterocycles. The van der Waals surface area contributed by atoms with Crippen LogP contribution < -0.4 is 5.32 Å². The van der Waals surface area contributed by atoms with E-state index in [1.165, 1.54) is 5.56 Å². The summed E-state index contributed by atoms with van der Waals surface area (Å²) < 4.78 is 3.35. The van der Waals surface area contributed by atoms with Gasteiger partial charge in [0.05, 0.1) is 13.2 Å². The highest BCUT2D eigenvalue weighted by Gasteiger charge is 2.30.